The minimum absolute atomic E-state index is 0.905. The number of furan rings is 1. The van der Waals surface area contributed by atoms with E-state index in [0.717, 1.165) is 50.1 Å². The molecule has 60 heavy (non-hydrogen) atoms. The zero-order valence-corrected chi connectivity index (χ0v) is 32.7. The largest absolute Gasteiger partial charge is 0.455 e. The Bertz CT molecular complexity index is 3600. The molecule has 12 rings (SSSR count). The molecule has 0 spiro atoms. The van der Waals surface area contributed by atoms with E-state index in [1.165, 1.54) is 65.3 Å². The fourth-order valence-corrected chi connectivity index (χ4v) is 9.37. The molecule has 2 heteroatoms. The Kier molecular flexibility index (Phi) is 7.89. The number of nitrogens with zero attached hydrogens (tertiary/aromatic N) is 1. The monoisotopic (exact) mass is 763 g/mol. The van der Waals surface area contributed by atoms with Crippen molar-refractivity contribution in [3.8, 4) is 33.4 Å². The third kappa shape index (κ3) is 5.57. The van der Waals surface area contributed by atoms with Crippen LogP contribution in [0, 0.1) is 0 Å². The summed E-state index contributed by atoms with van der Waals surface area (Å²) in [6, 6.07) is 81.4. The molecule has 0 unspecified atom stereocenters. The molecule has 1 aromatic heterocycles. The first-order valence-electron chi connectivity index (χ1n) is 20.6. The van der Waals surface area contributed by atoms with Crippen molar-refractivity contribution in [3.63, 3.8) is 0 Å². The van der Waals surface area contributed by atoms with Crippen LogP contribution in [0.25, 0.3) is 98.4 Å². The predicted octanol–water partition coefficient (Wildman–Crippen LogP) is 16.7. The number of hydrogen-bond donors (Lipinski definition) is 0. The van der Waals surface area contributed by atoms with Crippen molar-refractivity contribution in [1.29, 1.82) is 0 Å². The summed E-state index contributed by atoms with van der Waals surface area (Å²) in [5, 5.41) is 12.1. The second-order valence-corrected chi connectivity index (χ2v) is 15.6. The van der Waals surface area contributed by atoms with Crippen LogP contribution in [0.1, 0.15) is 0 Å². The van der Waals surface area contributed by atoms with E-state index in [9.17, 15) is 0 Å². The zero-order valence-electron chi connectivity index (χ0n) is 32.7. The minimum Gasteiger partial charge on any atom is -0.455 e. The molecule has 0 saturated carbocycles. The molecule has 0 N–H and O–H groups in total. The topological polar surface area (TPSA) is 16.4 Å². The van der Waals surface area contributed by atoms with Crippen molar-refractivity contribution in [1.82, 2.24) is 0 Å². The van der Waals surface area contributed by atoms with Crippen molar-refractivity contribution in [2.45, 2.75) is 0 Å². The third-order valence-electron chi connectivity index (χ3n) is 12.2. The molecule has 11 aromatic carbocycles. The standard InChI is InChI=1S/C58H37NO/c1-2-14-42-36-44(25-24-38(42)12-1)49-35-30-39-13-3-6-17-48(39)57(49)41-28-33-46(34-29-41)59(55-37-43-15-4-5-16-47(43)51-18-7-8-19-52(51)55)45-31-26-40(27-32-45)50-21-11-22-54-53-20-9-10-23-56(53)60-58(50)54/h1-37H. The molecular formula is C58H37NO. The van der Waals surface area contributed by atoms with Crippen LogP contribution in [0.3, 0.4) is 0 Å². The van der Waals surface area contributed by atoms with Crippen LogP contribution in [0.4, 0.5) is 17.1 Å². The van der Waals surface area contributed by atoms with Gasteiger partial charge in [-0.2, -0.15) is 0 Å². The molecule has 0 saturated heterocycles. The molecule has 0 atom stereocenters. The summed E-state index contributed by atoms with van der Waals surface area (Å²) < 4.78 is 6.46. The molecule has 0 aliphatic heterocycles. The highest BCUT2D eigenvalue weighted by molar-refractivity contribution is 6.15. The Labute approximate surface area is 347 Å². The van der Waals surface area contributed by atoms with Crippen LogP contribution in [-0.4, -0.2) is 0 Å². The van der Waals surface area contributed by atoms with Gasteiger partial charge in [-0.1, -0.05) is 182 Å². The van der Waals surface area contributed by atoms with Gasteiger partial charge in [-0.25, -0.2) is 0 Å². The van der Waals surface area contributed by atoms with E-state index in [1.807, 2.05) is 12.1 Å². The Morgan fingerprint density at radius 1 is 0.300 bits per heavy atom. The van der Waals surface area contributed by atoms with E-state index >= 15 is 0 Å². The normalized spacial score (nSPS) is 11.7. The first-order chi connectivity index (χ1) is 29.7. The summed E-state index contributed by atoms with van der Waals surface area (Å²) in [5.41, 5.74) is 12.1. The fraction of sp³-hybridized carbons (Fsp3) is 0. The maximum Gasteiger partial charge on any atom is 0.143 e. The molecular weight excluding hydrogens is 727 g/mol. The number of anilines is 3. The summed E-state index contributed by atoms with van der Waals surface area (Å²) in [5.74, 6) is 0. The second-order valence-electron chi connectivity index (χ2n) is 15.6. The van der Waals surface area contributed by atoms with Gasteiger partial charge in [0.1, 0.15) is 11.2 Å². The number of fused-ring (bicyclic) bond motifs is 8. The maximum absolute atomic E-state index is 6.46. The van der Waals surface area contributed by atoms with Crippen LogP contribution in [0.2, 0.25) is 0 Å². The first kappa shape index (κ1) is 34.1. The van der Waals surface area contributed by atoms with E-state index in [-0.39, 0.29) is 0 Å². The van der Waals surface area contributed by atoms with Gasteiger partial charge in [0.25, 0.3) is 0 Å². The van der Waals surface area contributed by atoms with Crippen molar-refractivity contribution >= 4 is 82.1 Å². The van der Waals surface area contributed by atoms with Crippen LogP contribution in [-0.2, 0) is 0 Å². The van der Waals surface area contributed by atoms with E-state index in [0.29, 0.717) is 0 Å². The lowest BCUT2D eigenvalue weighted by Gasteiger charge is -2.28. The SMILES string of the molecule is c1ccc2cc(-c3ccc4ccccc4c3-c3ccc(N(c4ccc(-c5cccc6c5oc5ccccc56)cc4)c4cc5ccccc5c5ccccc45)cc3)ccc2c1. The van der Waals surface area contributed by atoms with Gasteiger partial charge in [-0.3, -0.25) is 0 Å². The second kappa shape index (κ2) is 13.9. The highest BCUT2D eigenvalue weighted by Crippen LogP contribution is 2.45. The lowest BCUT2D eigenvalue weighted by atomic mass is 9.89. The van der Waals surface area contributed by atoms with Gasteiger partial charge in [0.05, 0.1) is 5.69 Å². The average molecular weight is 764 g/mol. The Balaban J connectivity index is 1.03. The summed E-state index contributed by atoms with van der Waals surface area (Å²) >= 11 is 0. The molecule has 0 fully saturated rings. The number of hydrogen-bond acceptors (Lipinski definition) is 2. The highest BCUT2D eigenvalue weighted by Gasteiger charge is 2.20. The van der Waals surface area contributed by atoms with Crippen molar-refractivity contribution in [3.05, 3.63) is 224 Å². The summed E-state index contributed by atoms with van der Waals surface area (Å²) in [4.78, 5) is 2.41. The van der Waals surface area contributed by atoms with Crippen molar-refractivity contribution in [2.24, 2.45) is 0 Å². The average Bonchev–Trinajstić information content (AvgIpc) is 3.71. The number of para-hydroxylation sites is 2. The molecule has 0 aliphatic rings. The Hall–Kier alpha value is -7.94. The molecule has 2 nitrogen and oxygen atoms in total. The summed E-state index contributed by atoms with van der Waals surface area (Å²) in [7, 11) is 0. The minimum atomic E-state index is 0.905. The third-order valence-corrected chi connectivity index (χ3v) is 12.2. The van der Waals surface area contributed by atoms with E-state index in [1.54, 1.807) is 0 Å². The Morgan fingerprint density at radius 3 is 1.65 bits per heavy atom. The van der Waals surface area contributed by atoms with Gasteiger partial charge < -0.3 is 9.32 Å². The van der Waals surface area contributed by atoms with Gasteiger partial charge in [0.15, 0.2) is 0 Å². The molecule has 0 radical (unpaired) electrons. The van der Waals surface area contributed by atoms with E-state index < -0.39 is 0 Å². The van der Waals surface area contributed by atoms with Gasteiger partial charge >= 0.3 is 0 Å². The van der Waals surface area contributed by atoms with Crippen LogP contribution < -0.4 is 4.90 Å². The van der Waals surface area contributed by atoms with Gasteiger partial charge in [-0.05, 0) is 108 Å². The molecule has 280 valence electrons. The van der Waals surface area contributed by atoms with Crippen LogP contribution in [0.15, 0.2) is 229 Å². The van der Waals surface area contributed by atoms with E-state index in [2.05, 4.69) is 217 Å². The lowest BCUT2D eigenvalue weighted by Crippen LogP contribution is -2.10. The smallest absolute Gasteiger partial charge is 0.143 e. The molecule has 0 aliphatic carbocycles. The first-order valence-corrected chi connectivity index (χ1v) is 20.6. The molecule has 0 bridgehead atoms. The number of rotatable bonds is 6. The molecule has 0 amide bonds. The van der Waals surface area contributed by atoms with E-state index in [4.69, 9.17) is 4.42 Å². The van der Waals surface area contributed by atoms with Gasteiger partial charge in [-0.15, -0.1) is 0 Å². The molecule has 1 heterocycles. The van der Waals surface area contributed by atoms with Gasteiger partial charge in [0.2, 0.25) is 0 Å². The fourth-order valence-electron chi connectivity index (χ4n) is 9.37. The predicted molar refractivity (Wildman–Crippen MR) is 255 cm³/mol. The van der Waals surface area contributed by atoms with Crippen LogP contribution in [0.5, 0.6) is 0 Å². The lowest BCUT2D eigenvalue weighted by molar-refractivity contribution is 0.670. The molecule has 12 aromatic rings. The highest BCUT2D eigenvalue weighted by atomic mass is 16.3. The van der Waals surface area contributed by atoms with Gasteiger partial charge in [0, 0.05) is 33.1 Å². The maximum atomic E-state index is 6.46. The van der Waals surface area contributed by atoms with Crippen molar-refractivity contribution in [2.75, 3.05) is 4.90 Å². The van der Waals surface area contributed by atoms with Crippen molar-refractivity contribution < 1.29 is 4.42 Å². The zero-order chi connectivity index (χ0) is 39.6. The number of benzene rings is 11. The summed E-state index contributed by atoms with van der Waals surface area (Å²) in [6.45, 7) is 0. The Morgan fingerprint density at radius 2 is 0.867 bits per heavy atom. The quantitative estimate of drug-likeness (QED) is 0.157. The summed E-state index contributed by atoms with van der Waals surface area (Å²) in [6.07, 6.45) is 0. The van der Waals surface area contributed by atoms with Crippen LogP contribution >= 0.6 is 0 Å².